The number of nitrogens with one attached hydrogen (secondary N) is 1. The van der Waals surface area contributed by atoms with E-state index < -0.39 is 0 Å². The Morgan fingerprint density at radius 1 is 1.04 bits per heavy atom. The van der Waals surface area contributed by atoms with Gasteiger partial charge in [-0.1, -0.05) is 44.2 Å². The molecule has 0 atom stereocenters. The van der Waals surface area contributed by atoms with Crippen LogP contribution in [0, 0.1) is 0 Å². The zero-order chi connectivity index (χ0) is 18.8. The highest BCUT2D eigenvalue weighted by Crippen LogP contribution is 2.28. The van der Waals surface area contributed by atoms with Gasteiger partial charge in [-0.15, -0.1) is 0 Å². The molecule has 136 valence electrons. The fourth-order valence-corrected chi connectivity index (χ4v) is 3.29. The smallest absolute Gasteiger partial charge is 0.278 e. The van der Waals surface area contributed by atoms with E-state index in [1.165, 1.54) is 17.3 Å². The minimum atomic E-state index is -0.111. The molecular formula is C22H22N4O. The Kier molecular flexibility index (Phi) is 4.59. The van der Waals surface area contributed by atoms with E-state index in [4.69, 9.17) is 0 Å². The van der Waals surface area contributed by atoms with Crippen LogP contribution in [0.4, 0.5) is 17.2 Å². The van der Waals surface area contributed by atoms with Crippen molar-refractivity contribution in [1.29, 1.82) is 0 Å². The van der Waals surface area contributed by atoms with Crippen molar-refractivity contribution >= 4 is 23.1 Å². The van der Waals surface area contributed by atoms with E-state index in [0.717, 1.165) is 17.8 Å². The lowest BCUT2D eigenvalue weighted by atomic mass is 10.0. The Hall–Kier alpha value is -3.21. The van der Waals surface area contributed by atoms with Gasteiger partial charge in [-0.2, -0.15) is 0 Å². The molecule has 0 fully saturated rings. The van der Waals surface area contributed by atoms with E-state index in [-0.39, 0.29) is 5.91 Å². The van der Waals surface area contributed by atoms with Crippen LogP contribution in [0.15, 0.2) is 60.9 Å². The van der Waals surface area contributed by atoms with Crippen LogP contribution in [-0.2, 0) is 6.42 Å². The van der Waals surface area contributed by atoms with Crippen molar-refractivity contribution in [2.45, 2.75) is 26.2 Å². The predicted molar refractivity (Wildman–Crippen MR) is 108 cm³/mol. The van der Waals surface area contributed by atoms with E-state index in [9.17, 15) is 4.79 Å². The molecule has 1 aromatic heterocycles. The normalized spacial score (nSPS) is 12.9. The molecule has 0 unspecified atom stereocenters. The van der Waals surface area contributed by atoms with E-state index in [2.05, 4.69) is 47.3 Å². The highest BCUT2D eigenvalue weighted by atomic mass is 16.2. The van der Waals surface area contributed by atoms with Crippen LogP contribution < -0.4 is 10.2 Å². The van der Waals surface area contributed by atoms with Crippen LogP contribution >= 0.6 is 0 Å². The summed E-state index contributed by atoms with van der Waals surface area (Å²) in [6.45, 7) is 5.02. The standard InChI is InChI=1S/C22H22N4O/c1-15(2)16-7-9-18(10-8-16)25-21-14-23-19(13-24-21)22(27)26-12-11-17-5-3-4-6-20(17)26/h3-10,13-15H,11-12H2,1-2H3,(H,24,25). The van der Waals surface area contributed by atoms with Crippen LogP contribution in [0.1, 0.15) is 41.4 Å². The van der Waals surface area contributed by atoms with Crippen molar-refractivity contribution in [2.75, 3.05) is 16.8 Å². The van der Waals surface area contributed by atoms with Gasteiger partial charge >= 0.3 is 0 Å². The number of nitrogens with zero attached hydrogens (tertiary/aromatic N) is 3. The summed E-state index contributed by atoms with van der Waals surface area (Å²) in [5.41, 5.74) is 4.76. The molecule has 0 aliphatic carbocycles. The van der Waals surface area contributed by atoms with Gasteiger partial charge in [0.1, 0.15) is 11.5 Å². The Labute approximate surface area is 159 Å². The average molecular weight is 358 g/mol. The van der Waals surface area contributed by atoms with Crippen LogP contribution in [0.25, 0.3) is 0 Å². The summed E-state index contributed by atoms with van der Waals surface area (Å²) in [7, 11) is 0. The van der Waals surface area contributed by atoms with Gasteiger partial charge in [-0.25, -0.2) is 9.97 Å². The SMILES string of the molecule is CC(C)c1ccc(Nc2cnc(C(=O)N3CCc4ccccc43)cn2)cc1. The van der Waals surface area contributed by atoms with Gasteiger partial charge in [0.05, 0.1) is 12.4 Å². The number of amides is 1. The van der Waals surface area contributed by atoms with Crippen molar-refractivity contribution in [3.05, 3.63) is 77.7 Å². The number of hydrogen-bond acceptors (Lipinski definition) is 4. The molecule has 5 heteroatoms. The number of anilines is 3. The molecule has 3 aromatic rings. The van der Waals surface area contributed by atoms with Gasteiger partial charge in [0.2, 0.25) is 0 Å². The maximum atomic E-state index is 12.8. The van der Waals surface area contributed by atoms with Gasteiger partial charge in [-0.3, -0.25) is 4.79 Å². The number of carbonyl (C=O) groups excluding carboxylic acids is 1. The summed E-state index contributed by atoms with van der Waals surface area (Å²) >= 11 is 0. The second kappa shape index (κ2) is 7.19. The molecule has 0 radical (unpaired) electrons. The molecule has 0 saturated carbocycles. The number of rotatable bonds is 4. The van der Waals surface area contributed by atoms with E-state index >= 15 is 0 Å². The third-order valence-electron chi connectivity index (χ3n) is 4.85. The molecule has 0 bridgehead atoms. The molecule has 2 heterocycles. The molecule has 2 aromatic carbocycles. The van der Waals surface area contributed by atoms with E-state index in [0.29, 0.717) is 24.0 Å². The second-order valence-corrected chi connectivity index (χ2v) is 7.02. The number of aromatic nitrogens is 2. The van der Waals surface area contributed by atoms with Crippen LogP contribution in [-0.4, -0.2) is 22.4 Å². The van der Waals surface area contributed by atoms with Crippen LogP contribution in [0.5, 0.6) is 0 Å². The first kappa shape index (κ1) is 17.2. The molecule has 0 spiro atoms. The molecular weight excluding hydrogens is 336 g/mol. The van der Waals surface area contributed by atoms with Gasteiger partial charge < -0.3 is 10.2 Å². The van der Waals surface area contributed by atoms with Crippen molar-refractivity contribution < 1.29 is 4.79 Å². The lowest BCUT2D eigenvalue weighted by Crippen LogP contribution is -2.29. The fraction of sp³-hybridized carbons (Fsp3) is 0.227. The third-order valence-corrected chi connectivity index (χ3v) is 4.85. The molecule has 27 heavy (non-hydrogen) atoms. The topological polar surface area (TPSA) is 58.1 Å². The number of benzene rings is 2. The maximum absolute atomic E-state index is 12.8. The first-order valence-corrected chi connectivity index (χ1v) is 9.20. The molecule has 0 saturated heterocycles. The van der Waals surface area contributed by atoms with Gasteiger partial charge in [-0.05, 0) is 41.7 Å². The Morgan fingerprint density at radius 2 is 1.81 bits per heavy atom. The van der Waals surface area contributed by atoms with Gasteiger partial charge in [0.25, 0.3) is 5.91 Å². The minimum Gasteiger partial charge on any atom is -0.339 e. The molecule has 1 amide bonds. The zero-order valence-electron chi connectivity index (χ0n) is 15.5. The van der Waals surface area contributed by atoms with Crippen molar-refractivity contribution in [2.24, 2.45) is 0 Å². The number of para-hydroxylation sites is 1. The summed E-state index contributed by atoms with van der Waals surface area (Å²) in [5.74, 6) is 1.01. The van der Waals surface area contributed by atoms with Crippen LogP contribution in [0.2, 0.25) is 0 Å². The predicted octanol–water partition coefficient (Wildman–Crippen LogP) is 4.55. The molecule has 5 nitrogen and oxygen atoms in total. The maximum Gasteiger partial charge on any atom is 0.278 e. The monoisotopic (exact) mass is 358 g/mol. The summed E-state index contributed by atoms with van der Waals surface area (Å²) < 4.78 is 0. The zero-order valence-corrected chi connectivity index (χ0v) is 15.5. The molecule has 4 rings (SSSR count). The van der Waals surface area contributed by atoms with E-state index in [1.807, 2.05) is 30.3 Å². The fourth-order valence-electron chi connectivity index (χ4n) is 3.29. The van der Waals surface area contributed by atoms with Crippen LogP contribution in [0.3, 0.4) is 0 Å². The minimum absolute atomic E-state index is 0.111. The second-order valence-electron chi connectivity index (χ2n) is 7.02. The number of fused-ring (bicyclic) bond motifs is 1. The number of carbonyl (C=O) groups is 1. The quantitative estimate of drug-likeness (QED) is 0.743. The molecule has 1 N–H and O–H groups in total. The summed E-state index contributed by atoms with van der Waals surface area (Å²) in [4.78, 5) is 23.2. The summed E-state index contributed by atoms with van der Waals surface area (Å²) in [6, 6.07) is 16.2. The average Bonchev–Trinajstić information content (AvgIpc) is 3.12. The highest BCUT2D eigenvalue weighted by Gasteiger charge is 2.26. The van der Waals surface area contributed by atoms with Crippen molar-refractivity contribution in [1.82, 2.24) is 9.97 Å². The first-order valence-electron chi connectivity index (χ1n) is 9.20. The number of hydrogen-bond donors (Lipinski definition) is 1. The van der Waals surface area contributed by atoms with Gasteiger partial charge in [0.15, 0.2) is 0 Å². The first-order chi connectivity index (χ1) is 13.1. The Bertz CT molecular complexity index is 949. The van der Waals surface area contributed by atoms with Crippen molar-refractivity contribution in [3.63, 3.8) is 0 Å². The Morgan fingerprint density at radius 3 is 2.52 bits per heavy atom. The lowest BCUT2D eigenvalue weighted by molar-refractivity contribution is 0.0984. The lowest BCUT2D eigenvalue weighted by Gasteiger charge is -2.16. The van der Waals surface area contributed by atoms with Crippen molar-refractivity contribution in [3.8, 4) is 0 Å². The largest absolute Gasteiger partial charge is 0.339 e. The third kappa shape index (κ3) is 3.53. The molecule has 1 aliphatic heterocycles. The van der Waals surface area contributed by atoms with E-state index in [1.54, 1.807) is 11.1 Å². The summed E-state index contributed by atoms with van der Waals surface area (Å²) in [6.07, 6.45) is 4.01. The highest BCUT2D eigenvalue weighted by molar-refractivity contribution is 6.05. The Balaban J connectivity index is 1.47. The summed E-state index contributed by atoms with van der Waals surface area (Å²) in [5, 5.41) is 3.22. The molecule has 1 aliphatic rings. The van der Waals surface area contributed by atoms with Gasteiger partial charge in [0, 0.05) is 17.9 Å².